The van der Waals surface area contributed by atoms with Crippen molar-refractivity contribution in [3.05, 3.63) is 28.5 Å². The zero-order chi connectivity index (χ0) is 11.5. The van der Waals surface area contributed by atoms with Crippen molar-refractivity contribution in [2.24, 2.45) is 5.73 Å². The molecule has 4 heteroatoms. The van der Waals surface area contributed by atoms with Crippen molar-refractivity contribution in [2.45, 2.75) is 25.3 Å². The standard InChI is InChI=1S/C12H18ClN3/c1-16-4-2-3-9(8-16)11-5-10(6-14)12(13)15-7-11/h5,7,9H,2-4,6,8,14H2,1H3. The van der Waals surface area contributed by atoms with Gasteiger partial charge in [-0.1, -0.05) is 11.6 Å². The lowest BCUT2D eigenvalue weighted by Crippen LogP contribution is -2.30. The van der Waals surface area contributed by atoms with Crippen molar-refractivity contribution in [1.29, 1.82) is 0 Å². The number of likely N-dealkylation sites (N-methyl/N-ethyl adjacent to an activating group) is 1. The van der Waals surface area contributed by atoms with Gasteiger partial charge in [0.05, 0.1) is 0 Å². The Morgan fingerprint density at radius 1 is 1.62 bits per heavy atom. The number of hydrogen-bond acceptors (Lipinski definition) is 3. The van der Waals surface area contributed by atoms with Crippen molar-refractivity contribution in [3.63, 3.8) is 0 Å². The first-order chi connectivity index (χ1) is 7.70. The van der Waals surface area contributed by atoms with E-state index < -0.39 is 0 Å². The van der Waals surface area contributed by atoms with E-state index in [1.165, 1.54) is 24.9 Å². The largest absolute Gasteiger partial charge is 0.326 e. The molecule has 16 heavy (non-hydrogen) atoms. The maximum atomic E-state index is 5.96. The van der Waals surface area contributed by atoms with E-state index in [1.807, 2.05) is 6.20 Å². The maximum Gasteiger partial charge on any atom is 0.133 e. The Labute approximate surface area is 102 Å². The molecular formula is C12H18ClN3. The van der Waals surface area contributed by atoms with E-state index in [2.05, 4.69) is 23.0 Å². The Bertz CT molecular complexity index is 367. The van der Waals surface area contributed by atoms with Crippen LogP contribution >= 0.6 is 11.6 Å². The molecule has 3 nitrogen and oxygen atoms in total. The zero-order valence-corrected chi connectivity index (χ0v) is 10.4. The first-order valence-corrected chi connectivity index (χ1v) is 6.11. The minimum Gasteiger partial charge on any atom is -0.326 e. The molecule has 1 aliphatic rings. The summed E-state index contributed by atoms with van der Waals surface area (Å²) >= 11 is 5.96. The fourth-order valence-corrected chi connectivity index (χ4v) is 2.50. The van der Waals surface area contributed by atoms with Crippen molar-refractivity contribution in [2.75, 3.05) is 20.1 Å². The normalized spacial score (nSPS) is 22.3. The van der Waals surface area contributed by atoms with E-state index in [0.29, 0.717) is 17.6 Å². The lowest BCUT2D eigenvalue weighted by molar-refractivity contribution is 0.250. The number of piperidine rings is 1. The molecule has 2 N–H and O–H groups in total. The smallest absolute Gasteiger partial charge is 0.133 e. The van der Waals surface area contributed by atoms with Crippen LogP contribution in [0.1, 0.15) is 29.9 Å². The van der Waals surface area contributed by atoms with Gasteiger partial charge in [0.25, 0.3) is 0 Å². The Balaban J connectivity index is 2.19. The molecule has 1 aromatic heterocycles. The van der Waals surface area contributed by atoms with Gasteiger partial charge in [-0.05, 0) is 44.0 Å². The molecule has 1 unspecified atom stereocenters. The summed E-state index contributed by atoms with van der Waals surface area (Å²) in [5.41, 5.74) is 7.87. The average molecular weight is 240 g/mol. The second kappa shape index (κ2) is 5.13. The molecule has 88 valence electrons. The summed E-state index contributed by atoms with van der Waals surface area (Å²) < 4.78 is 0. The Kier molecular flexibility index (Phi) is 3.79. The van der Waals surface area contributed by atoms with Gasteiger partial charge in [-0.2, -0.15) is 0 Å². The van der Waals surface area contributed by atoms with Crippen molar-refractivity contribution in [1.82, 2.24) is 9.88 Å². The third-order valence-electron chi connectivity index (χ3n) is 3.25. The van der Waals surface area contributed by atoms with Gasteiger partial charge in [0, 0.05) is 24.8 Å². The number of likely N-dealkylation sites (tertiary alicyclic amines) is 1. The monoisotopic (exact) mass is 239 g/mol. The molecule has 0 aromatic carbocycles. The minimum atomic E-state index is 0.461. The summed E-state index contributed by atoms with van der Waals surface area (Å²) in [7, 11) is 2.17. The van der Waals surface area contributed by atoms with Crippen LogP contribution in [-0.4, -0.2) is 30.0 Å². The van der Waals surface area contributed by atoms with E-state index >= 15 is 0 Å². The molecule has 0 bridgehead atoms. The predicted octanol–water partition coefficient (Wildman–Crippen LogP) is 2.00. The highest BCUT2D eigenvalue weighted by Gasteiger charge is 2.19. The molecule has 1 saturated heterocycles. The lowest BCUT2D eigenvalue weighted by atomic mass is 9.91. The van der Waals surface area contributed by atoms with E-state index in [1.54, 1.807) is 0 Å². The summed E-state index contributed by atoms with van der Waals surface area (Å²) in [6.07, 6.45) is 4.38. The third-order valence-corrected chi connectivity index (χ3v) is 3.59. The number of halogens is 1. The second-order valence-corrected chi connectivity index (χ2v) is 4.88. The van der Waals surface area contributed by atoms with Crippen LogP contribution in [0.15, 0.2) is 12.3 Å². The molecule has 1 aromatic rings. The fourth-order valence-electron chi connectivity index (χ4n) is 2.32. The molecule has 1 fully saturated rings. The lowest BCUT2D eigenvalue weighted by Gasteiger charge is -2.30. The topological polar surface area (TPSA) is 42.2 Å². The Morgan fingerprint density at radius 2 is 2.44 bits per heavy atom. The summed E-state index contributed by atoms with van der Waals surface area (Å²) in [5, 5.41) is 0.537. The fraction of sp³-hybridized carbons (Fsp3) is 0.583. The molecule has 0 radical (unpaired) electrons. The average Bonchev–Trinajstić information content (AvgIpc) is 2.29. The van der Waals surface area contributed by atoms with Gasteiger partial charge >= 0.3 is 0 Å². The number of rotatable bonds is 2. The summed E-state index contributed by atoms with van der Waals surface area (Å²) in [6.45, 7) is 2.76. The van der Waals surface area contributed by atoms with E-state index in [9.17, 15) is 0 Å². The molecule has 0 amide bonds. The van der Waals surface area contributed by atoms with Gasteiger partial charge in [-0.25, -0.2) is 4.98 Å². The van der Waals surface area contributed by atoms with Gasteiger partial charge < -0.3 is 10.6 Å². The molecule has 2 rings (SSSR count). The van der Waals surface area contributed by atoms with E-state index in [0.717, 1.165) is 12.1 Å². The molecule has 2 heterocycles. The van der Waals surface area contributed by atoms with Crippen LogP contribution in [0.3, 0.4) is 0 Å². The highest BCUT2D eigenvalue weighted by Crippen LogP contribution is 2.27. The predicted molar refractivity (Wildman–Crippen MR) is 66.6 cm³/mol. The van der Waals surface area contributed by atoms with Crippen LogP contribution in [0.2, 0.25) is 5.15 Å². The van der Waals surface area contributed by atoms with Crippen molar-refractivity contribution >= 4 is 11.6 Å². The number of nitrogens with two attached hydrogens (primary N) is 1. The maximum absolute atomic E-state index is 5.96. The number of nitrogens with zero attached hydrogens (tertiary/aromatic N) is 2. The van der Waals surface area contributed by atoms with Crippen molar-refractivity contribution in [3.8, 4) is 0 Å². The van der Waals surface area contributed by atoms with Gasteiger partial charge in [0.1, 0.15) is 5.15 Å². The Morgan fingerprint density at radius 3 is 3.12 bits per heavy atom. The highest BCUT2D eigenvalue weighted by atomic mass is 35.5. The van der Waals surface area contributed by atoms with Crippen LogP contribution in [0.5, 0.6) is 0 Å². The molecule has 1 aliphatic heterocycles. The third kappa shape index (κ3) is 2.54. The molecular weight excluding hydrogens is 222 g/mol. The first-order valence-electron chi connectivity index (χ1n) is 5.73. The molecule has 0 aliphatic carbocycles. The SMILES string of the molecule is CN1CCCC(c2cnc(Cl)c(CN)c2)C1. The van der Waals surface area contributed by atoms with Crippen molar-refractivity contribution < 1.29 is 0 Å². The highest BCUT2D eigenvalue weighted by molar-refractivity contribution is 6.30. The quantitative estimate of drug-likeness (QED) is 0.803. The van der Waals surface area contributed by atoms with Crippen LogP contribution < -0.4 is 5.73 Å². The van der Waals surface area contributed by atoms with Crippen LogP contribution in [-0.2, 0) is 6.54 Å². The van der Waals surface area contributed by atoms with Gasteiger partial charge in [-0.3, -0.25) is 0 Å². The minimum absolute atomic E-state index is 0.461. The van der Waals surface area contributed by atoms with Crippen LogP contribution in [0.25, 0.3) is 0 Å². The first kappa shape index (κ1) is 11.8. The molecule has 0 saturated carbocycles. The summed E-state index contributed by atoms with van der Waals surface area (Å²) in [4.78, 5) is 6.58. The number of aromatic nitrogens is 1. The van der Waals surface area contributed by atoms with E-state index in [4.69, 9.17) is 17.3 Å². The van der Waals surface area contributed by atoms with Gasteiger partial charge in [-0.15, -0.1) is 0 Å². The zero-order valence-electron chi connectivity index (χ0n) is 9.62. The number of hydrogen-bond donors (Lipinski definition) is 1. The summed E-state index contributed by atoms with van der Waals surface area (Å²) in [6, 6.07) is 2.11. The van der Waals surface area contributed by atoms with Gasteiger partial charge in [0.15, 0.2) is 0 Å². The van der Waals surface area contributed by atoms with E-state index in [-0.39, 0.29) is 0 Å². The molecule has 1 atom stereocenters. The van der Waals surface area contributed by atoms with Gasteiger partial charge in [0.2, 0.25) is 0 Å². The van der Waals surface area contributed by atoms with Crippen LogP contribution in [0, 0.1) is 0 Å². The van der Waals surface area contributed by atoms with Crippen LogP contribution in [0.4, 0.5) is 0 Å². The Hall–Kier alpha value is -0.640. The second-order valence-electron chi connectivity index (χ2n) is 4.52. The molecule has 0 spiro atoms. The summed E-state index contributed by atoms with van der Waals surface area (Å²) in [5.74, 6) is 0.578. The number of pyridine rings is 1.